The van der Waals surface area contributed by atoms with Gasteiger partial charge in [-0.3, -0.25) is 0 Å². The Bertz CT molecular complexity index is 712. The summed E-state index contributed by atoms with van der Waals surface area (Å²) in [5.74, 6) is 0. The van der Waals surface area contributed by atoms with Crippen molar-refractivity contribution in [2.45, 2.75) is 13.8 Å². The van der Waals surface area contributed by atoms with E-state index in [1.807, 2.05) is 38.1 Å². The first kappa shape index (κ1) is 10.8. The van der Waals surface area contributed by atoms with Gasteiger partial charge in [0, 0.05) is 11.1 Å². The van der Waals surface area contributed by atoms with E-state index >= 15 is 0 Å². The normalized spacial score (nSPS) is 11.2. The molecule has 1 heterocycles. The van der Waals surface area contributed by atoms with E-state index in [0.29, 0.717) is 11.4 Å². The smallest absolute Gasteiger partial charge is 0.0948 e. The number of para-hydroxylation sites is 2. The van der Waals surface area contributed by atoms with E-state index in [1.165, 1.54) is 0 Å². The van der Waals surface area contributed by atoms with Crippen molar-refractivity contribution in [2.24, 2.45) is 0 Å². The van der Waals surface area contributed by atoms with Crippen molar-refractivity contribution in [3.05, 3.63) is 35.4 Å². The average Bonchev–Trinajstić information content (AvgIpc) is 2.41. The highest BCUT2D eigenvalue weighted by Crippen LogP contribution is 2.32. The fourth-order valence-electron chi connectivity index (χ4n) is 2.18. The van der Waals surface area contributed by atoms with E-state index in [4.69, 9.17) is 11.5 Å². The van der Waals surface area contributed by atoms with E-state index in [2.05, 4.69) is 9.97 Å². The Hall–Kier alpha value is -2.36. The van der Waals surface area contributed by atoms with Gasteiger partial charge < -0.3 is 11.5 Å². The summed E-state index contributed by atoms with van der Waals surface area (Å²) >= 11 is 0. The minimum Gasteiger partial charge on any atom is -0.397 e. The van der Waals surface area contributed by atoms with Crippen LogP contribution in [0, 0.1) is 13.8 Å². The highest BCUT2D eigenvalue weighted by atomic mass is 14.8. The number of nitrogens with zero attached hydrogens (tertiary/aromatic N) is 2. The van der Waals surface area contributed by atoms with Crippen molar-refractivity contribution in [1.82, 2.24) is 9.97 Å². The number of nitrogens with two attached hydrogens (primary N) is 2. The lowest BCUT2D eigenvalue weighted by Gasteiger charge is -2.12. The van der Waals surface area contributed by atoms with E-state index in [1.54, 1.807) is 0 Å². The van der Waals surface area contributed by atoms with E-state index in [0.717, 1.165) is 33.2 Å². The molecule has 90 valence electrons. The Morgan fingerprint density at radius 2 is 1.17 bits per heavy atom. The third-order valence-electron chi connectivity index (χ3n) is 3.38. The largest absolute Gasteiger partial charge is 0.397 e. The van der Waals surface area contributed by atoms with Crippen molar-refractivity contribution in [3.8, 4) is 0 Å². The highest BCUT2D eigenvalue weighted by molar-refractivity contribution is 5.97. The number of benzene rings is 2. The van der Waals surface area contributed by atoms with Crippen LogP contribution in [0.4, 0.5) is 11.4 Å². The monoisotopic (exact) mass is 238 g/mol. The van der Waals surface area contributed by atoms with Gasteiger partial charge in [-0.05, 0) is 26.0 Å². The number of fused-ring (bicyclic) bond motifs is 2. The van der Waals surface area contributed by atoms with E-state index in [9.17, 15) is 0 Å². The van der Waals surface area contributed by atoms with Gasteiger partial charge in [0.05, 0.1) is 33.4 Å². The molecule has 0 aliphatic heterocycles. The number of anilines is 2. The van der Waals surface area contributed by atoms with Crippen LogP contribution in [-0.4, -0.2) is 9.97 Å². The second kappa shape index (κ2) is 3.57. The molecule has 4 nitrogen and oxygen atoms in total. The third kappa shape index (κ3) is 1.32. The highest BCUT2D eigenvalue weighted by Gasteiger charge is 2.13. The lowest BCUT2D eigenvalue weighted by molar-refractivity contribution is 1.33. The summed E-state index contributed by atoms with van der Waals surface area (Å²) in [6.07, 6.45) is 0. The van der Waals surface area contributed by atoms with Crippen LogP contribution < -0.4 is 11.5 Å². The van der Waals surface area contributed by atoms with Crippen LogP contribution in [0.5, 0.6) is 0 Å². The molecule has 4 heteroatoms. The van der Waals surface area contributed by atoms with Crippen molar-refractivity contribution in [2.75, 3.05) is 11.5 Å². The van der Waals surface area contributed by atoms with Gasteiger partial charge in [0.2, 0.25) is 0 Å². The summed E-state index contributed by atoms with van der Waals surface area (Å²) in [5.41, 5.74) is 18.4. The van der Waals surface area contributed by atoms with Gasteiger partial charge in [0.15, 0.2) is 0 Å². The zero-order chi connectivity index (χ0) is 12.9. The molecule has 0 aliphatic rings. The Labute approximate surface area is 105 Å². The molecule has 4 N–H and O–H groups in total. The number of rotatable bonds is 0. The van der Waals surface area contributed by atoms with Crippen molar-refractivity contribution < 1.29 is 0 Å². The zero-order valence-electron chi connectivity index (χ0n) is 10.4. The Morgan fingerprint density at radius 1 is 0.778 bits per heavy atom. The fourth-order valence-corrected chi connectivity index (χ4v) is 2.18. The molecule has 0 unspecified atom stereocenters. The second-order valence-corrected chi connectivity index (χ2v) is 4.49. The molecule has 0 amide bonds. The molecular weight excluding hydrogens is 224 g/mol. The number of aromatic nitrogens is 2. The SMILES string of the molecule is Cc1c(N)c(N)c(C)c2nc3ccccc3nc12. The van der Waals surface area contributed by atoms with Gasteiger partial charge in [0.25, 0.3) is 0 Å². The molecule has 18 heavy (non-hydrogen) atoms. The predicted molar refractivity (Wildman–Crippen MR) is 75.3 cm³/mol. The summed E-state index contributed by atoms with van der Waals surface area (Å²) in [5, 5.41) is 0. The van der Waals surface area contributed by atoms with Crippen LogP contribution in [0.2, 0.25) is 0 Å². The summed E-state index contributed by atoms with van der Waals surface area (Å²) in [4.78, 5) is 9.28. The zero-order valence-corrected chi connectivity index (χ0v) is 10.4. The van der Waals surface area contributed by atoms with E-state index in [-0.39, 0.29) is 0 Å². The molecule has 0 radical (unpaired) electrons. The average molecular weight is 238 g/mol. The summed E-state index contributed by atoms with van der Waals surface area (Å²) < 4.78 is 0. The number of nitrogen functional groups attached to an aromatic ring is 2. The minimum atomic E-state index is 0.601. The Morgan fingerprint density at radius 3 is 1.56 bits per heavy atom. The maximum absolute atomic E-state index is 6.00. The van der Waals surface area contributed by atoms with Gasteiger partial charge in [-0.15, -0.1) is 0 Å². The third-order valence-corrected chi connectivity index (χ3v) is 3.38. The number of aryl methyl sites for hydroxylation is 2. The maximum Gasteiger partial charge on any atom is 0.0948 e. The van der Waals surface area contributed by atoms with Gasteiger partial charge >= 0.3 is 0 Å². The van der Waals surface area contributed by atoms with Crippen LogP contribution >= 0.6 is 0 Å². The first-order chi connectivity index (χ1) is 8.59. The molecule has 0 spiro atoms. The van der Waals surface area contributed by atoms with Crippen molar-refractivity contribution in [3.63, 3.8) is 0 Å². The molecule has 1 aromatic heterocycles. The molecule has 0 saturated heterocycles. The Kier molecular flexibility index (Phi) is 2.13. The molecule has 0 atom stereocenters. The van der Waals surface area contributed by atoms with Crippen LogP contribution in [0.25, 0.3) is 22.1 Å². The summed E-state index contributed by atoms with van der Waals surface area (Å²) in [6, 6.07) is 7.80. The van der Waals surface area contributed by atoms with Crippen molar-refractivity contribution in [1.29, 1.82) is 0 Å². The number of hydrogen-bond acceptors (Lipinski definition) is 4. The van der Waals surface area contributed by atoms with Gasteiger partial charge in [-0.1, -0.05) is 12.1 Å². The molecule has 0 fully saturated rings. The van der Waals surface area contributed by atoms with Crippen LogP contribution in [-0.2, 0) is 0 Å². The standard InChI is InChI=1S/C14H14N4/c1-7-11(15)12(16)8(2)14-13(7)17-9-5-3-4-6-10(9)18-14/h3-6H,15-16H2,1-2H3. The maximum atomic E-state index is 6.00. The predicted octanol–water partition coefficient (Wildman–Crippen LogP) is 2.56. The molecular formula is C14H14N4. The molecule has 3 rings (SSSR count). The molecule has 2 aromatic carbocycles. The number of hydrogen-bond donors (Lipinski definition) is 2. The lowest BCUT2D eigenvalue weighted by Crippen LogP contribution is -2.03. The molecule has 3 aromatic rings. The van der Waals surface area contributed by atoms with Gasteiger partial charge in [-0.2, -0.15) is 0 Å². The quantitative estimate of drug-likeness (QED) is 0.466. The van der Waals surface area contributed by atoms with Crippen LogP contribution in [0.1, 0.15) is 11.1 Å². The van der Waals surface area contributed by atoms with Gasteiger partial charge in [0.1, 0.15) is 0 Å². The van der Waals surface area contributed by atoms with E-state index < -0.39 is 0 Å². The molecule has 0 bridgehead atoms. The van der Waals surface area contributed by atoms with Crippen molar-refractivity contribution >= 4 is 33.4 Å². The minimum absolute atomic E-state index is 0.601. The second-order valence-electron chi connectivity index (χ2n) is 4.49. The molecule has 0 saturated carbocycles. The first-order valence-electron chi connectivity index (χ1n) is 5.80. The lowest BCUT2D eigenvalue weighted by atomic mass is 10.0. The molecule has 0 aliphatic carbocycles. The topological polar surface area (TPSA) is 77.8 Å². The Balaban J connectivity index is 2.58. The van der Waals surface area contributed by atoms with Gasteiger partial charge in [-0.25, -0.2) is 9.97 Å². The van der Waals surface area contributed by atoms with Crippen LogP contribution in [0.3, 0.4) is 0 Å². The summed E-state index contributed by atoms with van der Waals surface area (Å²) in [7, 11) is 0. The fraction of sp³-hybridized carbons (Fsp3) is 0.143. The van der Waals surface area contributed by atoms with Crippen LogP contribution in [0.15, 0.2) is 24.3 Å². The first-order valence-corrected chi connectivity index (χ1v) is 5.80. The summed E-state index contributed by atoms with van der Waals surface area (Å²) in [6.45, 7) is 3.86.